The Bertz CT molecular complexity index is 589. The van der Waals surface area contributed by atoms with Gasteiger partial charge < -0.3 is 33.5 Å². The van der Waals surface area contributed by atoms with E-state index < -0.39 is 30.6 Å². The van der Waals surface area contributed by atoms with E-state index in [2.05, 4.69) is 0 Å². The summed E-state index contributed by atoms with van der Waals surface area (Å²) in [6.07, 6.45) is 2.51. The molecule has 0 aliphatic heterocycles. The number of ether oxygens (including phenoxy) is 1. The summed E-state index contributed by atoms with van der Waals surface area (Å²) < 4.78 is 46.8. The van der Waals surface area contributed by atoms with Crippen molar-refractivity contribution in [3.63, 3.8) is 0 Å². The predicted molar refractivity (Wildman–Crippen MR) is 87.5 cm³/mol. The summed E-state index contributed by atoms with van der Waals surface area (Å²) in [5.41, 5.74) is 9.92. The Morgan fingerprint density at radius 3 is 2.00 bits per heavy atom. The maximum Gasteiger partial charge on any atom is 0.673 e. The van der Waals surface area contributed by atoms with Crippen molar-refractivity contribution in [2.45, 2.75) is 24.9 Å². The fourth-order valence-corrected chi connectivity index (χ4v) is 4.04. The molecule has 26 heavy (non-hydrogen) atoms. The van der Waals surface area contributed by atoms with Crippen LogP contribution in [-0.2, 0) is 14.3 Å². The second kappa shape index (κ2) is 7.71. The summed E-state index contributed by atoms with van der Waals surface area (Å²) in [7, 11) is 1.26. The van der Waals surface area contributed by atoms with E-state index in [4.69, 9.17) is 16.2 Å². The smallest absolute Gasteiger partial charge is 0.418 e. The maximum absolute atomic E-state index is 12.2. The molecule has 2 aliphatic rings. The molecule has 12 heteroatoms. The topological polar surface area (TPSA) is 102 Å². The van der Waals surface area contributed by atoms with Crippen molar-refractivity contribution < 1.29 is 36.2 Å². The number of hydrogen-bond donors (Lipinski definition) is 2. The Morgan fingerprint density at radius 2 is 1.65 bits per heavy atom. The van der Waals surface area contributed by atoms with Gasteiger partial charge in [-0.3, -0.25) is 9.59 Å². The number of primary amides is 2. The molecule has 0 radical (unpaired) electrons. The summed E-state index contributed by atoms with van der Waals surface area (Å²) in [5, 5.41) is 0. The van der Waals surface area contributed by atoms with Crippen LogP contribution >= 0.6 is 0 Å². The van der Waals surface area contributed by atoms with Crippen LogP contribution in [0.15, 0.2) is 0 Å². The number of hydrogen-bond acceptors (Lipinski definition) is 3. The van der Waals surface area contributed by atoms with Crippen molar-refractivity contribution in [1.29, 1.82) is 0 Å². The van der Waals surface area contributed by atoms with Crippen molar-refractivity contribution in [2.75, 3.05) is 28.2 Å². The molecule has 2 aliphatic carbocycles. The second-order valence-corrected chi connectivity index (χ2v) is 6.98. The lowest BCUT2D eigenvalue weighted by Gasteiger charge is -2.39. The quantitative estimate of drug-likeness (QED) is 0.239. The largest absolute Gasteiger partial charge is 0.673 e. The molecule has 2 rings (SSSR count). The van der Waals surface area contributed by atoms with Crippen LogP contribution in [0.4, 0.5) is 17.3 Å². The summed E-state index contributed by atoms with van der Waals surface area (Å²) in [6.45, 7) is 0. The van der Waals surface area contributed by atoms with Gasteiger partial charge in [-0.15, -0.1) is 0 Å². The third kappa shape index (κ3) is 4.58. The first kappa shape index (κ1) is 22.0. The van der Waals surface area contributed by atoms with Crippen molar-refractivity contribution in [3.05, 3.63) is 0 Å². The third-order valence-corrected chi connectivity index (χ3v) is 4.73. The number of halogens is 4. The average Bonchev–Trinajstić information content (AvgIpc) is 3.01. The summed E-state index contributed by atoms with van der Waals surface area (Å²) in [5.74, 6) is -1.71. The highest BCUT2D eigenvalue weighted by molar-refractivity contribution is 6.50. The molecule has 0 spiro atoms. The predicted octanol–water partition coefficient (Wildman–Crippen LogP) is 0.248. The average molecular weight is 384 g/mol. The number of amides is 2. The number of amidine groups is 1. The fraction of sp³-hybridized carbons (Fsp3) is 0.786. The van der Waals surface area contributed by atoms with Gasteiger partial charge in [0.05, 0.1) is 34.1 Å². The minimum Gasteiger partial charge on any atom is -0.418 e. The van der Waals surface area contributed by atoms with Crippen LogP contribution in [0.2, 0.25) is 0 Å². The molecular weight excluding hydrogens is 359 g/mol. The lowest BCUT2D eigenvalue weighted by Crippen LogP contribution is -2.61. The first-order valence-corrected chi connectivity index (χ1v) is 8.09. The zero-order chi connectivity index (χ0) is 20.4. The molecule has 2 bridgehead atoms. The first-order valence-electron chi connectivity index (χ1n) is 8.09. The fourth-order valence-electron chi connectivity index (χ4n) is 4.04. The minimum absolute atomic E-state index is 0.0487. The SMILES string of the molecule is CN(C)C(OC1(C(N)=O)C2CCC(C2)C1C(N)=O)=[N+](C)C.F[B-](F)(F)F. The molecule has 2 amide bonds. The molecule has 0 heterocycles. The van der Waals surface area contributed by atoms with Gasteiger partial charge in [-0.05, 0) is 25.2 Å². The number of carbonyl (C=O) groups is 2. The van der Waals surface area contributed by atoms with E-state index in [1.807, 2.05) is 28.2 Å². The van der Waals surface area contributed by atoms with E-state index in [9.17, 15) is 26.9 Å². The van der Waals surface area contributed by atoms with Crippen molar-refractivity contribution in [3.8, 4) is 0 Å². The van der Waals surface area contributed by atoms with Crippen LogP contribution in [0, 0.1) is 17.8 Å². The molecule has 7 nitrogen and oxygen atoms in total. The van der Waals surface area contributed by atoms with Gasteiger partial charge >= 0.3 is 13.3 Å². The Labute approximate surface area is 149 Å². The zero-order valence-electron chi connectivity index (χ0n) is 15.2. The van der Waals surface area contributed by atoms with Crippen LogP contribution in [0.3, 0.4) is 0 Å². The molecule has 4 atom stereocenters. The summed E-state index contributed by atoms with van der Waals surface area (Å²) in [6, 6.07) is 0.493. The lowest BCUT2D eigenvalue weighted by atomic mass is 9.74. The summed E-state index contributed by atoms with van der Waals surface area (Å²) in [4.78, 5) is 25.9. The van der Waals surface area contributed by atoms with Crippen LogP contribution in [0.25, 0.3) is 0 Å². The van der Waals surface area contributed by atoms with Crippen molar-refractivity contribution in [2.24, 2.45) is 29.2 Å². The molecule has 2 saturated carbocycles. The van der Waals surface area contributed by atoms with Crippen molar-refractivity contribution >= 4 is 25.1 Å². The second-order valence-electron chi connectivity index (χ2n) is 6.98. The Balaban J connectivity index is 0.000000597. The number of rotatable bonds is 3. The Hall–Kier alpha value is -2.01. The highest BCUT2D eigenvalue weighted by Crippen LogP contribution is 2.56. The molecule has 4 unspecified atom stereocenters. The molecule has 0 aromatic heterocycles. The van der Waals surface area contributed by atoms with Gasteiger partial charge in [-0.25, -0.2) is 9.48 Å². The van der Waals surface area contributed by atoms with Gasteiger partial charge in [0.1, 0.15) is 0 Å². The van der Waals surface area contributed by atoms with E-state index in [0.717, 1.165) is 19.3 Å². The Kier molecular flexibility index (Phi) is 6.53. The van der Waals surface area contributed by atoms with Crippen LogP contribution in [0.1, 0.15) is 19.3 Å². The standard InChI is InChI=1S/C14H24N4O3.BF4/c1-17(2)13(18(3)4)21-14(12(16)20)9-6-5-8(7-9)10(14)11(15)19;2-1(3,4)5/h8-10H,5-7H2,1-4H3,(H3-,15,16,19,20);/q;-1/p+1. The normalized spacial score (nSPS) is 29.5. The highest BCUT2D eigenvalue weighted by atomic mass is 19.5. The van der Waals surface area contributed by atoms with Crippen LogP contribution in [-0.4, -0.2) is 68.4 Å². The third-order valence-electron chi connectivity index (χ3n) is 4.73. The number of nitrogens with two attached hydrogens (primary N) is 2. The molecule has 0 saturated heterocycles. The number of nitrogens with zero attached hydrogens (tertiary/aromatic N) is 2. The maximum atomic E-state index is 12.2. The Morgan fingerprint density at radius 1 is 1.15 bits per heavy atom. The van der Waals surface area contributed by atoms with Crippen LogP contribution < -0.4 is 11.5 Å². The monoisotopic (exact) mass is 384 g/mol. The molecule has 2 fully saturated rings. The van der Waals surface area contributed by atoms with E-state index >= 15 is 0 Å². The van der Waals surface area contributed by atoms with E-state index in [1.165, 1.54) is 0 Å². The highest BCUT2D eigenvalue weighted by Gasteiger charge is 2.67. The lowest BCUT2D eigenvalue weighted by molar-refractivity contribution is -0.483. The van der Waals surface area contributed by atoms with Crippen LogP contribution in [0.5, 0.6) is 0 Å². The van der Waals surface area contributed by atoms with Gasteiger partial charge in [0.15, 0.2) is 0 Å². The molecule has 0 aromatic rings. The van der Waals surface area contributed by atoms with Crippen molar-refractivity contribution in [1.82, 2.24) is 4.90 Å². The van der Waals surface area contributed by atoms with Gasteiger partial charge in [0, 0.05) is 5.92 Å². The van der Waals surface area contributed by atoms with Gasteiger partial charge in [-0.2, -0.15) is 0 Å². The van der Waals surface area contributed by atoms with Gasteiger partial charge in [0.25, 0.3) is 5.91 Å². The van der Waals surface area contributed by atoms with E-state index in [0.29, 0.717) is 6.02 Å². The number of carbonyl (C=O) groups excluding carboxylic acids is 2. The molecule has 0 aromatic carbocycles. The van der Waals surface area contributed by atoms with E-state index in [-0.39, 0.29) is 11.8 Å². The molecule has 150 valence electrons. The molecule has 4 N–H and O–H groups in total. The summed E-state index contributed by atoms with van der Waals surface area (Å²) >= 11 is 0. The minimum atomic E-state index is -6.00. The van der Waals surface area contributed by atoms with Gasteiger partial charge in [0.2, 0.25) is 11.5 Å². The number of fused-ring (bicyclic) bond motifs is 2. The van der Waals surface area contributed by atoms with Gasteiger partial charge in [-0.1, -0.05) is 0 Å². The molecular formula is C14H25BF4N4O3. The van der Waals surface area contributed by atoms with E-state index in [1.54, 1.807) is 9.48 Å². The zero-order valence-corrected chi connectivity index (χ0v) is 15.2. The first-order chi connectivity index (χ1) is 11.7.